The molecule has 0 aromatic carbocycles. The van der Waals surface area contributed by atoms with Gasteiger partial charge in [0.25, 0.3) is 0 Å². The second-order valence-corrected chi connectivity index (χ2v) is 9.66. The Morgan fingerprint density at radius 3 is 0.793 bits per heavy atom. The van der Waals surface area contributed by atoms with E-state index < -0.39 is 0 Å². The highest BCUT2D eigenvalue weighted by Crippen LogP contribution is 2.16. The van der Waals surface area contributed by atoms with Crippen molar-refractivity contribution in [3.63, 3.8) is 0 Å². The van der Waals surface area contributed by atoms with Gasteiger partial charge in [-0.15, -0.1) is 0 Å². The molecular formula is C28H58O. The van der Waals surface area contributed by atoms with E-state index in [0.717, 1.165) is 12.8 Å². The highest BCUT2D eigenvalue weighted by Gasteiger charge is 2.03. The van der Waals surface area contributed by atoms with Gasteiger partial charge < -0.3 is 5.11 Å². The zero-order chi connectivity index (χ0) is 21.3. The van der Waals surface area contributed by atoms with E-state index in [1.807, 2.05) is 0 Å². The molecule has 0 aromatic rings. The first-order chi connectivity index (χ1) is 14.3. The van der Waals surface area contributed by atoms with Crippen LogP contribution in [-0.2, 0) is 0 Å². The molecule has 0 spiro atoms. The number of rotatable bonds is 25. The van der Waals surface area contributed by atoms with Crippen molar-refractivity contribution < 1.29 is 5.11 Å². The largest absolute Gasteiger partial charge is 0.393 e. The van der Waals surface area contributed by atoms with Gasteiger partial charge in [0, 0.05) is 0 Å². The zero-order valence-corrected chi connectivity index (χ0v) is 20.7. The molecule has 1 heteroatoms. The summed E-state index contributed by atoms with van der Waals surface area (Å²) in [5.74, 6) is 0. The number of hydrogen-bond acceptors (Lipinski definition) is 1. The van der Waals surface area contributed by atoms with Gasteiger partial charge in [-0.25, -0.2) is 0 Å². The van der Waals surface area contributed by atoms with E-state index in [2.05, 4.69) is 13.8 Å². The molecule has 0 bridgehead atoms. The fourth-order valence-corrected chi connectivity index (χ4v) is 4.41. The van der Waals surface area contributed by atoms with Crippen molar-refractivity contribution in [2.75, 3.05) is 0 Å². The molecule has 0 fully saturated rings. The predicted molar refractivity (Wildman–Crippen MR) is 133 cm³/mol. The molecule has 29 heavy (non-hydrogen) atoms. The molecule has 0 saturated heterocycles. The molecule has 1 N–H and O–H groups in total. The number of hydrogen-bond donors (Lipinski definition) is 1. The lowest BCUT2D eigenvalue weighted by molar-refractivity contribution is 0.147. The fraction of sp³-hybridized carbons (Fsp3) is 1.00. The van der Waals surface area contributed by atoms with Gasteiger partial charge in [-0.05, 0) is 12.8 Å². The normalized spacial score (nSPS) is 12.5. The van der Waals surface area contributed by atoms with Crippen LogP contribution >= 0.6 is 0 Å². The lowest BCUT2D eigenvalue weighted by Crippen LogP contribution is -2.05. The Hall–Kier alpha value is -0.0400. The minimum Gasteiger partial charge on any atom is -0.393 e. The van der Waals surface area contributed by atoms with Crippen molar-refractivity contribution >= 4 is 0 Å². The Morgan fingerprint density at radius 2 is 0.552 bits per heavy atom. The third-order valence-electron chi connectivity index (χ3n) is 6.53. The highest BCUT2D eigenvalue weighted by molar-refractivity contribution is 4.57. The Balaban J connectivity index is 3.09. The average Bonchev–Trinajstić information content (AvgIpc) is 2.73. The van der Waals surface area contributed by atoms with Crippen molar-refractivity contribution in [1.82, 2.24) is 0 Å². The molecule has 0 saturated carbocycles. The summed E-state index contributed by atoms with van der Waals surface area (Å²) in [6.45, 7) is 4.56. The Bertz CT molecular complexity index is 275. The van der Waals surface area contributed by atoms with E-state index in [0.29, 0.717) is 0 Å². The third-order valence-corrected chi connectivity index (χ3v) is 6.53. The van der Waals surface area contributed by atoms with Crippen molar-refractivity contribution in [1.29, 1.82) is 0 Å². The molecule has 1 unspecified atom stereocenters. The van der Waals surface area contributed by atoms with Crippen molar-refractivity contribution in [3.8, 4) is 0 Å². The van der Waals surface area contributed by atoms with Crippen LogP contribution in [0.2, 0.25) is 0 Å². The van der Waals surface area contributed by atoms with Crippen molar-refractivity contribution in [3.05, 3.63) is 0 Å². The van der Waals surface area contributed by atoms with Crippen LogP contribution in [-0.4, -0.2) is 11.2 Å². The summed E-state index contributed by atoms with van der Waals surface area (Å²) in [5, 5.41) is 10.1. The maximum absolute atomic E-state index is 10.1. The summed E-state index contributed by atoms with van der Waals surface area (Å²) in [6, 6.07) is 0. The molecule has 0 heterocycles. The lowest BCUT2D eigenvalue weighted by atomic mass is 10.0. The van der Waals surface area contributed by atoms with Crippen molar-refractivity contribution in [2.45, 2.75) is 180 Å². The maximum Gasteiger partial charge on any atom is 0.0540 e. The summed E-state index contributed by atoms with van der Waals surface area (Å²) in [6.07, 6.45) is 34.2. The average molecular weight is 411 g/mol. The predicted octanol–water partition coefficient (Wildman–Crippen LogP) is 10.1. The molecule has 0 amide bonds. The summed E-state index contributed by atoms with van der Waals surface area (Å²) >= 11 is 0. The molecule has 0 aliphatic carbocycles. The third kappa shape index (κ3) is 25.9. The Labute approximate surface area is 185 Å². The van der Waals surface area contributed by atoms with Crippen LogP contribution in [0.15, 0.2) is 0 Å². The first-order valence-electron chi connectivity index (χ1n) is 14.0. The highest BCUT2D eigenvalue weighted by atomic mass is 16.3. The van der Waals surface area contributed by atoms with Crippen LogP contribution in [0, 0.1) is 0 Å². The van der Waals surface area contributed by atoms with Gasteiger partial charge in [0.1, 0.15) is 0 Å². The fourth-order valence-electron chi connectivity index (χ4n) is 4.41. The Kier molecular flexibility index (Phi) is 26.0. The van der Waals surface area contributed by atoms with Crippen LogP contribution in [0.3, 0.4) is 0 Å². The van der Waals surface area contributed by atoms with E-state index in [1.54, 1.807) is 0 Å². The molecule has 0 radical (unpaired) electrons. The van der Waals surface area contributed by atoms with E-state index in [-0.39, 0.29) is 6.10 Å². The van der Waals surface area contributed by atoms with E-state index in [4.69, 9.17) is 0 Å². The first kappa shape index (κ1) is 29.0. The van der Waals surface area contributed by atoms with Gasteiger partial charge in [0.15, 0.2) is 0 Å². The summed E-state index contributed by atoms with van der Waals surface area (Å²) in [4.78, 5) is 0. The smallest absolute Gasteiger partial charge is 0.0540 e. The first-order valence-corrected chi connectivity index (χ1v) is 14.0. The van der Waals surface area contributed by atoms with Gasteiger partial charge in [0.05, 0.1) is 6.10 Å². The van der Waals surface area contributed by atoms with E-state index in [1.165, 1.54) is 148 Å². The van der Waals surface area contributed by atoms with Crippen LogP contribution in [0.5, 0.6) is 0 Å². The molecule has 0 aliphatic rings. The van der Waals surface area contributed by atoms with Gasteiger partial charge in [-0.2, -0.15) is 0 Å². The molecule has 0 aromatic heterocycles. The van der Waals surface area contributed by atoms with Crippen LogP contribution < -0.4 is 0 Å². The topological polar surface area (TPSA) is 20.2 Å². The standard InChI is InChI=1S/C28H58O/c1-3-5-7-9-11-12-13-14-15-16-17-18-19-20-21-23-25-27-28(29)26-24-22-10-8-6-4-2/h28-29H,3-27H2,1-2H3. The molecular weight excluding hydrogens is 352 g/mol. The zero-order valence-electron chi connectivity index (χ0n) is 20.7. The number of aliphatic hydroxyl groups is 1. The minimum atomic E-state index is -0.0301. The van der Waals surface area contributed by atoms with Gasteiger partial charge in [-0.1, -0.05) is 162 Å². The van der Waals surface area contributed by atoms with Crippen LogP contribution in [0.4, 0.5) is 0 Å². The van der Waals surface area contributed by atoms with Gasteiger partial charge >= 0.3 is 0 Å². The SMILES string of the molecule is CCCCCCCCCCCCCCCCCCCC(O)CCCCCCCC. The monoisotopic (exact) mass is 410 g/mol. The second-order valence-electron chi connectivity index (χ2n) is 9.66. The quantitative estimate of drug-likeness (QED) is 0.148. The van der Waals surface area contributed by atoms with Crippen molar-refractivity contribution in [2.24, 2.45) is 0 Å². The van der Waals surface area contributed by atoms with Gasteiger partial charge in [-0.3, -0.25) is 0 Å². The van der Waals surface area contributed by atoms with Crippen LogP contribution in [0.25, 0.3) is 0 Å². The van der Waals surface area contributed by atoms with E-state index >= 15 is 0 Å². The summed E-state index contributed by atoms with van der Waals surface area (Å²) in [5.41, 5.74) is 0. The summed E-state index contributed by atoms with van der Waals surface area (Å²) in [7, 11) is 0. The molecule has 0 rings (SSSR count). The van der Waals surface area contributed by atoms with Gasteiger partial charge in [0.2, 0.25) is 0 Å². The van der Waals surface area contributed by atoms with Crippen LogP contribution in [0.1, 0.15) is 174 Å². The number of aliphatic hydroxyl groups excluding tert-OH is 1. The second kappa shape index (κ2) is 26.0. The number of unbranched alkanes of at least 4 members (excludes halogenated alkanes) is 21. The Morgan fingerprint density at radius 1 is 0.345 bits per heavy atom. The maximum atomic E-state index is 10.1. The van der Waals surface area contributed by atoms with E-state index in [9.17, 15) is 5.11 Å². The molecule has 1 nitrogen and oxygen atoms in total. The minimum absolute atomic E-state index is 0.0301. The molecule has 1 atom stereocenters. The molecule has 176 valence electrons. The molecule has 0 aliphatic heterocycles. The lowest BCUT2D eigenvalue weighted by Gasteiger charge is -2.10. The summed E-state index contributed by atoms with van der Waals surface area (Å²) < 4.78 is 0.